The van der Waals surface area contributed by atoms with Gasteiger partial charge >= 0.3 is 0 Å². The Bertz CT molecular complexity index is 326. The van der Waals surface area contributed by atoms with E-state index in [9.17, 15) is 0 Å². The molecule has 0 aliphatic carbocycles. The topological polar surface area (TPSA) is 12.0 Å². The zero-order valence-electron chi connectivity index (χ0n) is 10.0. The molecule has 0 aliphatic heterocycles. The normalized spacial score (nSPS) is 11.4. The zero-order valence-corrected chi connectivity index (χ0v) is 11.0. The molecule has 0 amide bonds. The predicted molar refractivity (Wildman–Crippen MR) is 71.3 cm³/mol. The van der Waals surface area contributed by atoms with Crippen molar-refractivity contribution in [2.45, 2.75) is 26.2 Å². The van der Waals surface area contributed by atoms with Gasteiger partial charge in [0.05, 0.1) is 8.07 Å². The Labute approximate surface area is 94.2 Å². The Morgan fingerprint density at radius 2 is 1.93 bits per heavy atom. The minimum atomic E-state index is -1.20. The smallest absolute Gasteiger partial charge is 0.0780 e. The largest absolute Gasteiger partial charge is 0.309 e. The van der Waals surface area contributed by atoms with Gasteiger partial charge in [0.1, 0.15) is 0 Å². The maximum absolute atomic E-state index is 3.71. The molecule has 0 unspecified atom stereocenters. The summed E-state index contributed by atoms with van der Waals surface area (Å²) < 4.78 is 0. The Morgan fingerprint density at radius 1 is 1.27 bits per heavy atom. The number of nitrogens with one attached hydrogen (secondary N) is 1. The first kappa shape index (κ1) is 12.2. The molecular formula is C13H21NSi. The SMILES string of the molecule is C=CCNCc1ccccc1[Si](C)(C)C. The van der Waals surface area contributed by atoms with Crippen molar-refractivity contribution < 1.29 is 0 Å². The molecule has 1 rings (SSSR count). The van der Waals surface area contributed by atoms with Gasteiger partial charge in [0.2, 0.25) is 0 Å². The molecule has 1 N–H and O–H groups in total. The first-order valence-corrected chi connectivity index (χ1v) is 8.95. The van der Waals surface area contributed by atoms with E-state index in [1.54, 1.807) is 5.19 Å². The highest BCUT2D eigenvalue weighted by Crippen LogP contribution is 2.06. The Hall–Kier alpha value is -0.863. The van der Waals surface area contributed by atoms with Crippen LogP contribution in [0.15, 0.2) is 36.9 Å². The summed E-state index contributed by atoms with van der Waals surface area (Å²) in [5, 5.41) is 4.93. The van der Waals surface area contributed by atoms with Crippen molar-refractivity contribution in [3.05, 3.63) is 42.5 Å². The van der Waals surface area contributed by atoms with Crippen LogP contribution in [0.4, 0.5) is 0 Å². The fourth-order valence-electron chi connectivity index (χ4n) is 1.72. The first-order chi connectivity index (χ1) is 7.05. The maximum Gasteiger partial charge on any atom is 0.0780 e. The standard InChI is InChI=1S/C13H21NSi/c1-5-10-14-11-12-8-6-7-9-13(12)15(2,3)4/h5-9,14H,1,10-11H2,2-4H3. The van der Waals surface area contributed by atoms with Gasteiger partial charge in [-0.25, -0.2) is 0 Å². The van der Waals surface area contributed by atoms with Gasteiger partial charge < -0.3 is 5.32 Å². The molecule has 1 nitrogen and oxygen atoms in total. The van der Waals surface area contributed by atoms with Crippen molar-refractivity contribution >= 4 is 13.3 Å². The minimum absolute atomic E-state index is 0.875. The molecule has 1 aromatic rings. The third-order valence-electron chi connectivity index (χ3n) is 2.43. The van der Waals surface area contributed by atoms with E-state index in [1.165, 1.54) is 5.56 Å². The molecule has 0 radical (unpaired) electrons. The highest BCUT2D eigenvalue weighted by Gasteiger charge is 2.18. The summed E-state index contributed by atoms with van der Waals surface area (Å²) in [6, 6.07) is 8.76. The molecule has 1 aromatic carbocycles. The van der Waals surface area contributed by atoms with Gasteiger partial charge in [0.25, 0.3) is 0 Å². The highest BCUT2D eigenvalue weighted by molar-refractivity contribution is 6.89. The highest BCUT2D eigenvalue weighted by atomic mass is 28.3. The van der Waals surface area contributed by atoms with Crippen LogP contribution in [0.1, 0.15) is 5.56 Å². The minimum Gasteiger partial charge on any atom is -0.309 e. The molecule has 0 saturated carbocycles. The van der Waals surface area contributed by atoms with Crippen LogP contribution in [-0.4, -0.2) is 14.6 Å². The number of hydrogen-bond donors (Lipinski definition) is 1. The van der Waals surface area contributed by atoms with Crippen LogP contribution in [0.3, 0.4) is 0 Å². The van der Waals surface area contributed by atoms with Crippen LogP contribution in [0.2, 0.25) is 19.6 Å². The summed E-state index contributed by atoms with van der Waals surface area (Å²) >= 11 is 0. The van der Waals surface area contributed by atoms with E-state index in [2.05, 4.69) is 55.8 Å². The third kappa shape index (κ3) is 3.65. The Kier molecular flexibility index (Phi) is 4.30. The van der Waals surface area contributed by atoms with Crippen molar-refractivity contribution in [1.29, 1.82) is 0 Å². The molecule has 0 aliphatic rings. The van der Waals surface area contributed by atoms with Gasteiger partial charge in [-0.15, -0.1) is 6.58 Å². The van der Waals surface area contributed by atoms with E-state index >= 15 is 0 Å². The van der Waals surface area contributed by atoms with Crippen LogP contribution in [0.25, 0.3) is 0 Å². The fourth-order valence-corrected chi connectivity index (χ4v) is 3.45. The average Bonchev–Trinajstić information content (AvgIpc) is 2.17. The molecule has 2 heteroatoms. The molecule has 0 atom stereocenters. The van der Waals surface area contributed by atoms with Crippen molar-refractivity contribution in [1.82, 2.24) is 5.32 Å². The second-order valence-electron chi connectivity index (χ2n) is 4.83. The number of hydrogen-bond acceptors (Lipinski definition) is 1. The van der Waals surface area contributed by atoms with E-state index < -0.39 is 8.07 Å². The summed E-state index contributed by atoms with van der Waals surface area (Å²) in [5.74, 6) is 0. The number of rotatable bonds is 5. The van der Waals surface area contributed by atoms with Gasteiger partial charge in [-0.2, -0.15) is 0 Å². The van der Waals surface area contributed by atoms with E-state index in [4.69, 9.17) is 0 Å². The summed E-state index contributed by atoms with van der Waals surface area (Å²) in [6.07, 6.45) is 1.90. The van der Waals surface area contributed by atoms with Crippen molar-refractivity contribution in [3.8, 4) is 0 Å². The monoisotopic (exact) mass is 219 g/mol. The quantitative estimate of drug-likeness (QED) is 0.456. The van der Waals surface area contributed by atoms with E-state index in [-0.39, 0.29) is 0 Å². The average molecular weight is 219 g/mol. The van der Waals surface area contributed by atoms with Crippen LogP contribution in [0, 0.1) is 0 Å². The lowest BCUT2D eigenvalue weighted by Crippen LogP contribution is -2.41. The lowest BCUT2D eigenvalue weighted by atomic mass is 10.2. The van der Waals surface area contributed by atoms with Gasteiger partial charge in [-0.1, -0.05) is 55.2 Å². The van der Waals surface area contributed by atoms with Crippen LogP contribution in [-0.2, 0) is 6.54 Å². The lowest BCUT2D eigenvalue weighted by Gasteiger charge is -2.21. The zero-order chi connectivity index (χ0) is 11.3. The summed E-state index contributed by atoms with van der Waals surface area (Å²) in [6.45, 7) is 12.7. The summed E-state index contributed by atoms with van der Waals surface area (Å²) in [7, 11) is -1.20. The second kappa shape index (κ2) is 5.28. The lowest BCUT2D eigenvalue weighted by molar-refractivity contribution is 0.763. The van der Waals surface area contributed by atoms with E-state index in [0.29, 0.717) is 0 Å². The molecule has 0 saturated heterocycles. The molecule has 0 fully saturated rings. The van der Waals surface area contributed by atoms with Crippen molar-refractivity contribution in [2.75, 3.05) is 6.54 Å². The number of benzene rings is 1. The molecule has 0 heterocycles. The van der Waals surface area contributed by atoms with Crippen molar-refractivity contribution in [3.63, 3.8) is 0 Å². The van der Waals surface area contributed by atoms with Gasteiger partial charge in [-0.3, -0.25) is 0 Å². The molecule has 0 aromatic heterocycles. The predicted octanol–water partition coefficient (Wildman–Crippen LogP) is 2.51. The van der Waals surface area contributed by atoms with E-state index in [0.717, 1.165) is 13.1 Å². The molecular weight excluding hydrogens is 198 g/mol. The summed E-state index contributed by atoms with van der Waals surface area (Å²) in [5.41, 5.74) is 1.44. The van der Waals surface area contributed by atoms with Crippen molar-refractivity contribution in [2.24, 2.45) is 0 Å². The van der Waals surface area contributed by atoms with Crippen LogP contribution >= 0.6 is 0 Å². The van der Waals surface area contributed by atoms with Gasteiger partial charge in [0.15, 0.2) is 0 Å². The first-order valence-electron chi connectivity index (χ1n) is 5.45. The van der Waals surface area contributed by atoms with Crippen LogP contribution in [0.5, 0.6) is 0 Å². The maximum atomic E-state index is 3.71. The van der Waals surface area contributed by atoms with Gasteiger partial charge in [-0.05, 0) is 5.56 Å². The molecule has 0 bridgehead atoms. The Morgan fingerprint density at radius 3 is 2.53 bits per heavy atom. The summed E-state index contributed by atoms with van der Waals surface area (Å²) in [4.78, 5) is 0. The molecule has 15 heavy (non-hydrogen) atoms. The van der Waals surface area contributed by atoms with Crippen LogP contribution < -0.4 is 10.5 Å². The Balaban J connectivity index is 2.82. The fraction of sp³-hybridized carbons (Fsp3) is 0.385. The third-order valence-corrected chi connectivity index (χ3v) is 4.53. The molecule has 0 spiro atoms. The van der Waals surface area contributed by atoms with E-state index in [1.807, 2.05) is 6.08 Å². The second-order valence-corrected chi connectivity index (χ2v) is 9.87. The van der Waals surface area contributed by atoms with Gasteiger partial charge in [0, 0.05) is 13.1 Å². The molecule has 82 valence electrons.